The van der Waals surface area contributed by atoms with Crippen LogP contribution < -0.4 is 11.1 Å². The van der Waals surface area contributed by atoms with E-state index in [-0.39, 0.29) is 17.7 Å². The summed E-state index contributed by atoms with van der Waals surface area (Å²) in [5.41, 5.74) is 5.23. The molecule has 0 rings (SSSR count). The quantitative estimate of drug-likeness (QED) is 0.620. The summed E-state index contributed by atoms with van der Waals surface area (Å²) >= 11 is 0. The van der Waals surface area contributed by atoms with Crippen molar-refractivity contribution < 1.29 is 13.2 Å². The third-order valence-corrected chi connectivity index (χ3v) is 2.67. The Hall–Kier alpha value is -0.620. The number of hydrogen-bond acceptors (Lipinski definition) is 4. The maximum atomic E-state index is 11.1. The van der Waals surface area contributed by atoms with Crippen LogP contribution in [-0.4, -0.2) is 38.9 Å². The molecule has 0 bridgehead atoms. The van der Waals surface area contributed by atoms with Gasteiger partial charge in [0, 0.05) is 18.7 Å². The van der Waals surface area contributed by atoms with Crippen molar-refractivity contribution in [1.82, 2.24) is 5.32 Å². The van der Waals surface area contributed by atoms with Crippen LogP contribution in [0.15, 0.2) is 0 Å². The summed E-state index contributed by atoms with van der Waals surface area (Å²) in [6.07, 6.45) is 2.12. The molecule has 1 atom stereocenters. The summed E-state index contributed by atoms with van der Waals surface area (Å²) < 4.78 is 21.7. The molecule has 0 aliphatic rings. The molecular formula is C8H18N2O3S. The van der Waals surface area contributed by atoms with E-state index < -0.39 is 9.84 Å². The van der Waals surface area contributed by atoms with Crippen molar-refractivity contribution in [2.24, 2.45) is 5.73 Å². The molecule has 3 N–H and O–H groups in total. The van der Waals surface area contributed by atoms with Gasteiger partial charge in [0.1, 0.15) is 9.84 Å². The minimum absolute atomic E-state index is 0.0264. The van der Waals surface area contributed by atoms with E-state index in [9.17, 15) is 13.2 Å². The van der Waals surface area contributed by atoms with Gasteiger partial charge in [-0.2, -0.15) is 0 Å². The van der Waals surface area contributed by atoms with Crippen molar-refractivity contribution >= 4 is 15.7 Å². The number of amides is 1. The first kappa shape index (κ1) is 13.4. The van der Waals surface area contributed by atoms with Crippen LogP contribution in [0.3, 0.4) is 0 Å². The molecule has 1 amide bonds. The van der Waals surface area contributed by atoms with Crippen molar-refractivity contribution in [2.75, 3.05) is 18.6 Å². The highest BCUT2D eigenvalue weighted by Crippen LogP contribution is 1.92. The largest absolute Gasteiger partial charge is 0.353 e. The molecule has 0 heterocycles. The van der Waals surface area contributed by atoms with Crippen LogP contribution in [0.25, 0.3) is 0 Å². The molecular weight excluding hydrogens is 204 g/mol. The van der Waals surface area contributed by atoms with Gasteiger partial charge in [0.2, 0.25) is 5.91 Å². The minimum atomic E-state index is -3.03. The Morgan fingerprint density at radius 2 is 2.07 bits per heavy atom. The number of rotatable bonds is 6. The number of sulfone groups is 1. The average Bonchev–Trinajstić information content (AvgIpc) is 1.96. The highest BCUT2D eigenvalue weighted by molar-refractivity contribution is 7.90. The number of nitrogens with two attached hydrogens (primary N) is 1. The van der Waals surface area contributed by atoms with Gasteiger partial charge in [-0.3, -0.25) is 4.79 Å². The Morgan fingerprint density at radius 3 is 2.50 bits per heavy atom. The van der Waals surface area contributed by atoms with Crippen LogP contribution in [-0.2, 0) is 14.6 Å². The Labute approximate surface area is 85.0 Å². The SMILES string of the molecule is CC(CS(C)(=O)=O)NC(=O)CCCN. The van der Waals surface area contributed by atoms with Gasteiger partial charge in [-0.25, -0.2) is 8.42 Å². The van der Waals surface area contributed by atoms with Crippen LogP contribution in [0.2, 0.25) is 0 Å². The summed E-state index contributed by atoms with van der Waals surface area (Å²) in [5, 5.41) is 2.60. The first-order valence-electron chi connectivity index (χ1n) is 4.52. The topological polar surface area (TPSA) is 89.3 Å². The van der Waals surface area contributed by atoms with Gasteiger partial charge < -0.3 is 11.1 Å². The van der Waals surface area contributed by atoms with Crippen molar-refractivity contribution in [3.63, 3.8) is 0 Å². The van der Waals surface area contributed by atoms with Crippen LogP contribution in [0, 0.1) is 0 Å². The fraction of sp³-hybridized carbons (Fsp3) is 0.875. The van der Waals surface area contributed by atoms with E-state index in [0.717, 1.165) is 6.26 Å². The fourth-order valence-corrected chi connectivity index (χ4v) is 2.10. The normalized spacial score (nSPS) is 13.6. The number of nitrogens with one attached hydrogen (secondary N) is 1. The van der Waals surface area contributed by atoms with E-state index >= 15 is 0 Å². The van der Waals surface area contributed by atoms with E-state index in [4.69, 9.17) is 5.73 Å². The first-order valence-corrected chi connectivity index (χ1v) is 6.58. The third-order valence-electron chi connectivity index (χ3n) is 1.57. The second-order valence-electron chi connectivity index (χ2n) is 3.45. The second kappa shape index (κ2) is 5.98. The smallest absolute Gasteiger partial charge is 0.220 e. The van der Waals surface area contributed by atoms with Crippen LogP contribution in [0.4, 0.5) is 0 Å². The molecule has 0 fully saturated rings. The Bertz CT molecular complexity index is 274. The van der Waals surface area contributed by atoms with Gasteiger partial charge in [-0.15, -0.1) is 0 Å². The molecule has 0 aliphatic carbocycles. The lowest BCUT2D eigenvalue weighted by molar-refractivity contribution is -0.121. The lowest BCUT2D eigenvalue weighted by atomic mass is 10.3. The predicted molar refractivity (Wildman–Crippen MR) is 55.6 cm³/mol. The predicted octanol–water partition coefficient (Wildman–Crippen LogP) is -0.725. The molecule has 0 aliphatic heterocycles. The zero-order chi connectivity index (χ0) is 11.2. The summed E-state index contributed by atoms with van der Waals surface area (Å²) in [4.78, 5) is 11.1. The van der Waals surface area contributed by atoms with Gasteiger partial charge >= 0.3 is 0 Å². The maximum Gasteiger partial charge on any atom is 0.220 e. The molecule has 5 nitrogen and oxygen atoms in total. The monoisotopic (exact) mass is 222 g/mol. The second-order valence-corrected chi connectivity index (χ2v) is 5.64. The fourth-order valence-electron chi connectivity index (χ4n) is 1.11. The summed E-state index contributed by atoms with van der Waals surface area (Å²) in [6, 6.07) is -0.338. The van der Waals surface area contributed by atoms with Gasteiger partial charge in [-0.1, -0.05) is 0 Å². The van der Waals surface area contributed by atoms with Crippen LogP contribution in [0.5, 0.6) is 0 Å². The van der Waals surface area contributed by atoms with E-state index in [1.807, 2.05) is 0 Å². The Kier molecular flexibility index (Phi) is 5.71. The number of hydrogen-bond donors (Lipinski definition) is 2. The highest BCUT2D eigenvalue weighted by atomic mass is 32.2. The van der Waals surface area contributed by atoms with Gasteiger partial charge in [0.05, 0.1) is 5.75 Å². The molecule has 0 aromatic rings. The zero-order valence-electron chi connectivity index (χ0n) is 8.62. The molecule has 14 heavy (non-hydrogen) atoms. The van der Waals surface area contributed by atoms with Crippen molar-refractivity contribution in [3.05, 3.63) is 0 Å². The minimum Gasteiger partial charge on any atom is -0.353 e. The lowest BCUT2D eigenvalue weighted by Crippen LogP contribution is -2.37. The molecule has 6 heteroatoms. The summed E-state index contributed by atoms with van der Waals surface area (Å²) in [7, 11) is -3.03. The number of carbonyl (C=O) groups is 1. The lowest BCUT2D eigenvalue weighted by Gasteiger charge is -2.12. The molecule has 0 aromatic heterocycles. The van der Waals surface area contributed by atoms with E-state index in [0.29, 0.717) is 19.4 Å². The Balaban J connectivity index is 3.83. The molecule has 0 aromatic carbocycles. The molecule has 84 valence electrons. The molecule has 0 saturated carbocycles. The van der Waals surface area contributed by atoms with E-state index in [2.05, 4.69) is 5.32 Å². The molecule has 1 unspecified atom stereocenters. The standard InChI is InChI=1S/C8H18N2O3S/c1-7(6-14(2,12)13)10-8(11)4-3-5-9/h7H,3-6,9H2,1-2H3,(H,10,11). The third kappa shape index (κ3) is 8.00. The highest BCUT2D eigenvalue weighted by Gasteiger charge is 2.12. The van der Waals surface area contributed by atoms with E-state index in [1.165, 1.54) is 0 Å². The van der Waals surface area contributed by atoms with Gasteiger partial charge in [0.25, 0.3) is 0 Å². The van der Waals surface area contributed by atoms with Crippen molar-refractivity contribution in [2.45, 2.75) is 25.8 Å². The molecule has 0 radical (unpaired) electrons. The van der Waals surface area contributed by atoms with Crippen LogP contribution in [0.1, 0.15) is 19.8 Å². The van der Waals surface area contributed by atoms with Crippen molar-refractivity contribution in [3.8, 4) is 0 Å². The molecule has 0 spiro atoms. The first-order chi connectivity index (χ1) is 6.35. The van der Waals surface area contributed by atoms with Crippen molar-refractivity contribution in [1.29, 1.82) is 0 Å². The Morgan fingerprint density at radius 1 is 1.50 bits per heavy atom. The summed E-state index contributed by atoms with van der Waals surface area (Å²) in [5.74, 6) is -0.173. The zero-order valence-corrected chi connectivity index (χ0v) is 9.43. The maximum absolute atomic E-state index is 11.1. The number of carbonyl (C=O) groups excluding carboxylic acids is 1. The van der Waals surface area contributed by atoms with Gasteiger partial charge in [0.15, 0.2) is 0 Å². The summed E-state index contributed by atoms with van der Waals surface area (Å²) in [6.45, 7) is 2.13. The molecule has 0 saturated heterocycles. The van der Waals surface area contributed by atoms with Crippen LogP contribution >= 0.6 is 0 Å². The van der Waals surface area contributed by atoms with E-state index in [1.54, 1.807) is 6.92 Å². The van der Waals surface area contributed by atoms with Gasteiger partial charge in [-0.05, 0) is 19.9 Å². The average molecular weight is 222 g/mol.